The van der Waals surface area contributed by atoms with E-state index in [1.165, 1.54) is 31.3 Å². The van der Waals surface area contributed by atoms with E-state index >= 15 is 0 Å². The molecule has 4 saturated carbocycles. The molecular formula is C31H54O2. The van der Waals surface area contributed by atoms with E-state index in [9.17, 15) is 10.2 Å². The number of aliphatic hydroxyl groups excluding tert-OH is 1. The molecule has 190 valence electrons. The first-order valence-electron chi connectivity index (χ1n) is 14.1. The fraction of sp³-hybridized carbons (Fsp3) is 0.935. The first-order valence-corrected chi connectivity index (χ1v) is 14.1. The van der Waals surface area contributed by atoms with Gasteiger partial charge in [0.2, 0.25) is 0 Å². The Hall–Kier alpha value is -0.340. The second-order valence-corrected chi connectivity index (χ2v) is 14.9. The summed E-state index contributed by atoms with van der Waals surface area (Å²) in [6.07, 6.45) is 12.1. The molecular weight excluding hydrogens is 404 g/mol. The zero-order valence-corrected chi connectivity index (χ0v) is 23.3. The van der Waals surface area contributed by atoms with Gasteiger partial charge in [0, 0.05) is 0 Å². The highest BCUT2D eigenvalue weighted by atomic mass is 16.3. The Balaban J connectivity index is 1.66. The van der Waals surface area contributed by atoms with Gasteiger partial charge in [0.25, 0.3) is 0 Å². The molecule has 2 nitrogen and oxygen atoms in total. The van der Waals surface area contributed by atoms with Crippen LogP contribution in [0.25, 0.3) is 0 Å². The first-order chi connectivity index (χ1) is 15.1. The van der Waals surface area contributed by atoms with Crippen molar-refractivity contribution in [2.75, 3.05) is 0 Å². The Kier molecular flexibility index (Phi) is 6.31. The fourth-order valence-corrected chi connectivity index (χ4v) is 10.5. The van der Waals surface area contributed by atoms with Crippen LogP contribution in [0.2, 0.25) is 0 Å². The molecule has 2 heteroatoms. The molecule has 0 aromatic carbocycles. The van der Waals surface area contributed by atoms with Crippen molar-refractivity contribution in [2.45, 2.75) is 132 Å². The van der Waals surface area contributed by atoms with Crippen molar-refractivity contribution < 1.29 is 10.2 Å². The Bertz CT molecular complexity index is 776. The van der Waals surface area contributed by atoms with Crippen molar-refractivity contribution in [3.05, 3.63) is 11.6 Å². The summed E-state index contributed by atoms with van der Waals surface area (Å²) in [5.41, 5.74) is 1.68. The Morgan fingerprint density at radius 1 is 0.939 bits per heavy atom. The maximum absolute atomic E-state index is 11.8. The molecule has 4 fully saturated rings. The smallest absolute Gasteiger partial charge is 0.0654 e. The average Bonchev–Trinajstić information content (AvgIpc) is 3.08. The number of hydrogen-bond acceptors (Lipinski definition) is 2. The second-order valence-electron chi connectivity index (χ2n) is 14.9. The van der Waals surface area contributed by atoms with Crippen LogP contribution >= 0.6 is 0 Å². The molecule has 0 saturated heterocycles. The van der Waals surface area contributed by atoms with Gasteiger partial charge in [0.15, 0.2) is 0 Å². The highest BCUT2D eigenvalue weighted by molar-refractivity contribution is 5.19. The van der Waals surface area contributed by atoms with Gasteiger partial charge in [0.1, 0.15) is 0 Å². The Morgan fingerprint density at radius 3 is 2.21 bits per heavy atom. The Morgan fingerprint density at radius 2 is 1.58 bits per heavy atom. The maximum Gasteiger partial charge on any atom is 0.0654 e. The molecule has 4 aliphatic carbocycles. The van der Waals surface area contributed by atoms with Crippen LogP contribution in [0.3, 0.4) is 0 Å². The normalized spacial score (nSPS) is 50.5. The summed E-state index contributed by atoms with van der Waals surface area (Å²) in [4.78, 5) is 0. The largest absolute Gasteiger partial charge is 0.393 e. The third-order valence-electron chi connectivity index (χ3n) is 12.9. The predicted molar refractivity (Wildman–Crippen MR) is 139 cm³/mol. The minimum absolute atomic E-state index is 0.113. The number of fused-ring (bicyclic) bond motifs is 5. The van der Waals surface area contributed by atoms with Crippen LogP contribution < -0.4 is 0 Å². The molecule has 4 aliphatic rings. The van der Waals surface area contributed by atoms with Crippen molar-refractivity contribution in [3.63, 3.8) is 0 Å². The summed E-state index contributed by atoms with van der Waals surface area (Å²) in [7, 11) is 0. The molecule has 0 radical (unpaired) electrons. The molecule has 5 unspecified atom stereocenters. The summed E-state index contributed by atoms with van der Waals surface area (Å²) in [6.45, 7) is 21.6. The summed E-state index contributed by atoms with van der Waals surface area (Å²) in [5, 5.41) is 23.5. The Labute approximate surface area is 205 Å². The van der Waals surface area contributed by atoms with Crippen LogP contribution in [0.15, 0.2) is 11.6 Å². The van der Waals surface area contributed by atoms with E-state index in [2.05, 4.69) is 68.4 Å². The SMILES string of the molecule is CC(C)=CCC[C@](C)(O)C1CC[C@]2(C)C1[C@H](O)CC1[C@@]3(C)CCC(C)C(C)(C)C3CC[C@]12C. The van der Waals surface area contributed by atoms with Gasteiger partial charge in [-0.05, 0) is 130 Å². The molecule has 0 aliphatic heterocycles. The van der Waals surface area contributed by atoms with Gasteiger partial charge >= 0.3 is 0 Å². The monoisotopic (exact) mass is 458 g/mol. The zero-order valence-electron chi connectivity index (χ0n) is 23.3. The van der Waals surface area contributed by atoms with E-state index in [0.717, 1.165) is 43.9 Å². The van der Waals surface area contributed by atoms with Crippen molar-refractivity contribution in [3.8, 4) is 0 Å². The van der Waals surface area contributed by atoms with E-state index < -0.39 is 5.60 Å². The van der Waals surface area contributed by atoms with E-state index in [1.54, 1.807) is 0 Å². The molecule has 33 heavy (non-hydrogen) atoms. The highest BCUT2D eigenvalue weighted by Crippen LogP contribution is 2.76. The molecule has 0 aromatic rings. The lowest BCUT2D eigenvalue weighted by Crippen LogP contribution is -2.66. The van der Waals surface area contributed by atoms with Gasteiger partial charge in [-0.2, -0.15) is 0 Å². The fourth-order valence-electron chi connectivity index (χ4n) is 10.5. The number of rotatable bonds is 4. The summed E-state index contributed by atoms with van der Waals surface area (Å²) in [6, 6.07) is 0. The molecule has 0 spiro atoms. The maximum atomic E-state index is 11.8. The molecule has 0 bridgehead atoms. The topological polar surface area (TPSA) is 40.5 Å². The molecule has 0 aromatic heterocycles. The lowest BCUT2D eigenvalue weighted by atomic mass is 9.34. The third kappa shape index (κ3) is 3.62. The summed E-state index contributed by atoms with van der Waals surface area (Å²) >= 11 is 0. The average molecular weight is 459 g/mol. The van der Waals surface area contributed by atoms with E-state index in [-0.39, 0.29) is 28.8 Å². The van der Waals surface area contributed by atoms with Crippen LogP contribution in [-0.4, -0.2) is 21.9 Å². The van der Waals surface area contributed by atoms with Gasteiger partial charge in [0.05, 0.1) is 11.7 Å². The van der Waals surface area contributed by atoms with Crippen LogP contribution in [0, 0.1) is 51.2 Å². The van der Waals surface area contributed by atoms with Crippen molar-refractivity contribution in [1.82, 2.24) is 0 Å². The van der Waals surface area contributed by atoms with Gasteiger partial charge in [-0.25, -0.2) is 0 Å². The van der Waals surface area contributed by atoms with Crippen molar-refractivity contribution in [2.24, 2.45) is 51.2 Å². The van der Waals surface area contributed by atoms with Crippen LogP contribution in [0.4, 0.5) is 0 Å². The lowest BCUT2D eigenvalue weighted by molar-refractivity contribution is -0.240. The van der Waals surface area contributed by atoms with Crippen LogP contribution in [0.1, 0.15) is 120 Å². The van der Waals surface area contributed by atoms with Crippen molar-refractivity contribution in [1.29, 1.82) is 0 Å². The minimum Gasteiger partial charge on any atom is -0.393 e. The molecule has 2 N–H and O–H groups in total. The van der Waals surface area contributed by atoms with E-state index in [1.807, 2.05) is 0 Å². The summed E-state index contributed by atoms with van der Waals surface area (Å²) in [5.74, 6) is 2.54. The standard InChI is InChI=1S/C31H54O2/c1-20(2)11-10-15-31(9,33)22-13-17-30(8)26(22)23(32)19-25-28(6)16-12-21(3)27(4,5)24(28)14-18-29(25,30)7/h11,21-26,32-33H,10,12-19H2,1-9H3/t21?,22?,23-,24?,25?,26?,28+,29-,30-,31+/m1/s1. The molecule has 0 amide bonds. The van der Waals surface area contributed by atoms with Gasteiger partial charge in [-0.3, -0.25) is 0 Å². The zero-order chi connectivity index (χ0) is 24.6. The molecule has 0 heterocycles. The molecule has 10 atom stereocenters. The van der Waals surface area contributed by atoms with Gasteiger partial charge in [-0.15, -0.1) is 0 Å². The van der Waals surface area contributed by atoms with Gasteiger partial charge < -0.3 is 10.2 Å². The van der Waals surface area contributed by atoms with Gasteiger partial charge in [-0.1, -0.05) is 53.2 Å². The lowest BCUT2D eigenvalue weighted by Gasteiger charge is -2.70. The second kappa shape index (κ2) is 8.09. The predicted octanol–water partition coefficient (Wildman–Crippen LogP) is 7.78. The third-order valence-corrected chi connectivity index (χ3v) is 12.9. The van der Waals surface area contributed by atoms with Crippen LogP contribution in [-0.2, 0) is 0 Å². The van der Waals surface area contributed by atoms with E-state index in [0.29, 0.717) is 16.7 Å². The number of hydrogen-bond donors (Lipinski definition) is 2. The minimum atomic E-state index is -0.706. The first kappa shape index (κ1) is 25.7. The number of aliphatic hydroxyl groups is 2. The summed E-state index contributed by atoms with van der Waals surface area (Å²) < 4.78 is 0. The quantitative estimate of drug-likeness (QED) is 0.422. The van der Waals surface area contributed by atoms with Crippen molar-refractivity contribution >= 4 is 0 Å². The van der Waals surface area contributed by atoms with Crippen LogP contribution in [0.5, 0.6) is 0 Å². The molecule has 4 rings (SSSR count). The van der Waals surface area contributed by atoms with E-state index in [4.69, 9.17) is 0 Å². The highest BCUT2D eigenvalue weighted by Gasteiger charge is 2.71. The number of allylic oxidation sites excluding steroid dienone is 2.